The molecule has 2 aromatic rings. The molecule has 1 aromatic carbocycles. The Balaban J connectivity index is 2.22. The van der Waals surface area contributed by atoms with Gasteiger partial charge in [-0.3, -0.25) is 0 Å². The van der Waals surface area contributed by atoms with Crippen molar-refractivity contribution in [1.82, 2.24) is 9.55 Å². The summed E-state index contributed by atoms with van der Waals surface area (Å²) in [5, 5.41) is 0. The summed E-state index contributed by atoms with van der Waals surface area (Å²) in [6.07, 6.45) is 4.12. The molecule has 6 heteroatoms. The van der Waals surface area contributed by atoms with Crippen LogP contribution in [0.3, 0.4) is 0 Å². The van der Waals surface area contributed by atoms with Gasteiger partial charge in [-0.25, -0.2) is 13.4 Å². The van der Waals surface area contributed by atoms with Gasteiger partial charge in [-0.2, -0.15) is 0 Å². The summed E-state index contributed by atoms with van der Waals surface area (Å²) < 4.78 is 26.1. The van der Waals surface area contributed by atoms with E-state index in [0.29, 0.717) is 28.8 Å². The first-order valence-electron chi connectivity index (χ1n) is 7.17. The number of benzene rings is 1. The number of hydrogen-bond acceptors (Lipinski definition) is 3. The van der Waals surface area contributed by atoms with E-state index in [2.05, 4.69) is 16.5 Å². The van der Waals surface area contributed by atoms with Gasteiger partial charge in [-0.05, 0) is 30.9 Å². The molecule has 0 N–H and O–H groups in total. The molecular formula is C15H19ClN2O2S. The van der Waals surface area contributed by atoms with Gasteiger partial charge in [0.25, 0.3) is 0 Å². The van der Waals surface area contributed by atoms with E-state index in [1.54, 1.807) is 12.1 Å². The number of alkyl halides is 1. The second-order valence-corrected chi connectivity index (χ2v) is 8.33. The summed E-state index contributed by atoms with van der Waals surface area (Å²) in [5.41, 5.74) is 1.50. The van der Waals surface area contributed by atoms with Crippen LogP contribution in [0.15, 0.2) is 23.1 Å². The zero-order valence-corrected chi connectivity index (χ0v) is 13.8. The van der Waals surface area contributed by atoms with Crippen LogP contribution in [0, 0.1) is 5.92 Å². The highest BCUT2D eigenvalue weighted by Gasteiger charge is 2.30. The third kappa shape index (κ3) is 2.57. The highest BCUT2D eigenvalue weighted by atomic mass is 35.5. The molecule has 0 atom stereocenters. The van der Waals surface area contributed by atoms with Crippen LogP contribution in [0.25, 0.3) is 11.0 Å². The van der Waals surface area contributed by atoms with Gasteiger partial charge in [-0.1, -0.05) is 13.0 Å². The van der Waals surface area contributed by atoms with Crippen LogP contribution in [-0.4, -0.2) is 30.1 Å². The fourth-order valence-electron chi connectivity index (χ4n) is 3.18. The van der Waals surface area contributed by atoms with E-state index in [1.807, 2.05) is 6.07 Å². The summed E-state index contributed by atoms with van der Waals surface area (Å²) in [6, 6.07) is 5.79. The maximum absolute atomic E-state index is 12.0. The Morgan fingerprint density at radius 3 is 2.67 bits per heavy atom. The Hall–Kier alpha value is -1.07. The van der Waals surface area contributed by atoms with E-state index < -0.39 is 9.84 Å². The average molecular weight is 327 g/mol. The van der Waals surface area contributed by atoms with Crippen LogP contribution in [0.4, 0.5) is 0 Å². The second kappa shape index (κ2) is 5.29. The highest BCUT2D eigenvalue weighted by Crippen LogP contribution is 2.40. The SMILES string of the molecule is CC1CC(n2c(CCCl)nc3c(S(C)(=O)=O)cccc32)C1. The highest BCUT2D eigenvalue weighted by molar-refractivity contribution is 7.91. The van der Waals surface area contributed by atoms with E-state index >= 15 is 0 Å². The Morgan fingerprint density at radius 2 is 2.10 bits per heavy atom. The molecule has 1 aliphatic carbocycles. The second-order valence-electron chi connectivity index (χ2n) is 5.96. The smallest absolute Gasteiger partial charge is 0.177 e. The van der Waals surface area contributed by atoms with Crippen molar-refractivity contribution in [3.63, 3.8) is 0 Å². The van der Waals surface area contributed by atoms with Gasteiger partial charge < -0.3 is 4.57 Å². The minimum absolute atomic E-state index is 0.307. The minimum Gasteiger partial charge on any atom is -0.325 e. The Labute approximate surface area is 130 Å². The number of para-hydroxylation sites is 1. The van der Waals surface area contributed by atoms with Crippen LogP contribution in [0.5, 0.6) is 0 Å². The van der Waals surface area contributed by atoms with E-state index in [0.717, 1.165) is 30.1 Å². The summed E-state index contributed by atoms with van der Waals surface area (Å²) in [4.78, 5) is 4.90. The standard InChI is InChI=1S/C15H19ClN2O2S/c1-10-8-11(9-10)18-12-4-3-5-13(21(2,19)20)15(12)17-14(18)6-7-16/h3-5,10-11H,6-9H2,1-2H3. The van der Waals surface area contributed by atoms with Crippen LogP contribution in [0.1, 0.15) is 31.6 Å². The fraction of sp³-hybridized carbons (Fsp3) is 0.533. The molecule has 0 spiro atoms. The van der Waals surface area contributed by atoms with Crippen LogP contribution in [0.2, 0.25) is 0 Å². The van der Waals surface area contributed by atoms with Gasteiger partial charge in [0.2, 0.25) is 0 Å². The monoisotopic (exact) mass is 326 g/mol. The normalized spacial score (nSPS) is 22.4. The van der Waals surface area contributed by atoms with Crippen molar-refractivity contribution in [3.05, 3.63) is 24.0 Å². The Bertz CT molecular complexity index is 776. The molecule has 1 aromatic heterocycles. The molecule has 114 valence electrons. The molecule has 21 heavy (non-hydrogen) atoms. The van der Waals surface area contributed by atoms with Gasteiger partial charge in [0.1, 0.15) is 11.3 Å². The largest absolute Gasteiger partial charge is 0.325 e. The molecule has 3 rings (SSSR count). The third-order valence-corrected chi connectivity index (χ3v) is 5.51. The lowest BCUT2D eigenvalue weighted by atomic mass is 9.81. The van der Waals surface area contributed by atoms with Crippen molar-refractivity contribution in [1.29, 1.82) is 0 Å². The Kier molecular flexibility index (Phi) is 3.74. The number of aryl methyl sites for hydroxylation is 1. The summed E-state index contributed by atoms with van der Waals surface area (Å²) in [7, 11) is -3.28. The van der Waals surface area contributed by atoms with Crippen molar-refractivity contribution in [2.24, 2.45) is 5.92 Å². The fourth-order valence-corrected chi connectivity index (χ4v) is 4.17. The van der Waals surface area contributed by atoms with Crippen LogP contribution in [-0.2, 0) is 16.3 Å². The lowest BCUT2D eigenvalue weighted by Gasteiger charge is -2.35. The number of halogens is 1. The van der Waals surface area contributed by atoms with Gasteiger partial charge in [0, 0.05) is 24.6 Å². The number of aromatic nitrogens is 2. The quantitative estimate of drug-likeness (QED) is 0.811. The van der Waals surface area contributed by atoms with E-state index in [4.69, 9.17) is 11.6 Å². The lowest BCUT2D eigenvalue weighted by molar-refractivity contribution is 0.217. The first kappa shape index (κ1) is 14.9. The molecule has 1 fully saturated rings. The Morgan fingerprint density at radius 1 is 1.38 bits per heavy atom. The predicted octanol–water partition coefficient (Wildman–Crippen LogP) is 3.19. The lowest BCUT2D eigenvalue weighted by Crippen LogP contribution is -2.26. The first-order valence-corrected chi connectivity index (χ1v) is 9.60. The maximum atomic E-state index is 12.0. The molecule has 0 unspecified atom stereocenters. The van der Waals surface area contributed by atoms with Gasteiger partial charge >= 0.3 is 0 Å². The molecule has 0 bridgehead atoms. The molecule has 1 aliphatic rings. The number of rotatable bonds is 4. The van der Waals surface area contributed by atoms with Crippen LogP contribution < -0.4 is 0 Å². The summed E-state index contributed by atoms with van der Waals surface area (Å²) >= 11 is 5.89. The molecule has 1 heterocycles. The zero-order chi connectivity index (χ0) is 15.2. The maximum Gasteiger partial charge on any atom is 0.177 e. The van der Waals surface area contributed by atoms with E-state index in [9.17, 15) is 8.42 Å². The molecule has 0 amide bonds. The van der Waals surface area contributed by atoms with Gasteiger partial charge in [0.15, 0.2) is 9.84 Å². The molecule has 0 aliphatic heterocycles. The van der Waals surface area contributed by atoms with Crippen LogP contribution >= 0.6 is 11.6 Å². The summed E-state index contributed by atoms with van der Waals surface area (Å²) in [6.45, 7) is 2.23. The topological polar surface area (TPSA) is 52.0 Å². The molecule has 0 saturated heterocycles. The molecule has 1 saturated carbocycles. The van der Waals surface area contributed by atoms with Crippen molar-refractivity contribution in [3.8, 4) is 0 Å². The van der Waals surface area contributed by atoms with Crippen molar-refractivity contribution in [2.75, 3.05) is 12.1 Å². The van der Waals surface area contributed by atoms with Crippen molar-refractivity contribution < 1.29 is 8.42 Å². The number of fused-ring (bicyclic) bond motifs is 1. The number of imidazole rings is 1. The first-order chi connectivity index (χ1) is 9.91. The predicted molar refractivity (Wildman–Crippen MR) is 84.7 cm³/mol. The number of hydrogen-bond donors (Lipinski definition) is 0. The molecule has 0 radical (unpaired) electrons. The van der Waals surface area contributed by atoms with Gasteiger partial charge in [0.05, 0.1) is 10.4 Å². The van der Waals surface area contributed by atoms with Gasteiger partial charge in [-0.15, -0.1) is 11.6 Å². The summed E-state index contributed by atoms with van der Waals surface area (Å²) in [5.74, 6) is 2.10. The average Bonchev–Trinajstić information content (AvgIpc) is 2.72. The van der Waals surface area contributed by atoms with E-state index in [1.165, 1.54) is 6.26 Å². The van der Waals surface area contributed by atoms with Crippen molar-refractivity contribution >= 4 is 32.5 Å². The molecule has 4 nitrogen and oxygen atoms in total. The third-order valence-electron chi connectivity index (χ3n) is 4.19. The van der Waals surface area contributed by atoms with E-state index in [-0.39, 0.29) is 0 Å². The van der Waals surface area contributed by atoms with Crippen molar-refractivity contribution in [2.45, 2.75) is 37.1 Å². The minimum atomic E-state index is -3.28. The number of nitrogens with zero attached hydrogens (tertiary/aromatic N) is 2. The number of sulfone groups is 1. The molecular weight excluding hydrogens is 308 g/mol. The zero-order valence-electron chi connectivity index (χ0n) is 12.2.